The van der Waals surface area contributed by atoms with Gasteiger partial charge in [0, 0.05) is 6.54 Å². The van der Waals surface area contributed by atoms with Gasteiger partial charge in [0.15, 0.2) is 0 Å². The molecule has 1 heterocycles. The zero-order chi connectivity index (χ0) is 11.5. The van der Waals surface area contributed by atoms with Crippen molar-refractivity contribution in [1.82, 2.24) is 14.8 Å². The van der Waals surface area contributed by atoms with Crippen LogP contribution in [0.15, 0.2) is 24.3 Å². The maximum Gasteiger partial charge on any atom is 0.244 e. The number of rotatable bonds is 3. The van der Waals surface area contributed by atoms with Gasteiger partial charge in [-0.2, -0.15) is 9.67 Å². The van der Waals surface area contributed by atoms with Crippen LogP contribution in [-0.4, -0.2) is 21.3 Å². The molecule has 0 saturated carbocycles. The first-order valence-electron chi connectivity index (χ1n) is 4.93. The molecule has 0 unspecified atom stereocenters. The standard InChI is InChI=1S/C10H12ClN5/c1-2-13-10-14-9(12)16(15-10)8-6-4-3-5-7(8)11/h3-6H,2H2,1H3,(H3,12,13,14,15). The molecule has 2 aromatic rings. The normalized spacial score (nSPS) is 10.4. The Labute approximate surface area is 98.2 Å². The minimum Gasteiger partial charge on any atom is -0.368 e. The Balaban J connectivity index is 2.44. The number of nitrogen functional groups attached to an aromatic ring is 1. The topological polar surface area (TPSA) is 68.8 Å². The van der Waals surface area contributed by atoms with Crippen molar-refractivity contribution in [1.29, 1.82) is 0 Å². The van der Waals surface area contributed by atoms with Crippen molar-refractivity contribution in [2.45, 2.75) is 6.92 Å². The largest absolute Gasteiger partial charge is 0.368 e. The number of hydrogen-bond acceptors (Lipinski definition) is 4. The summed E-state index contributed by atoms with van der Waals surface area (Å²) in [5.41, 5.74) is 6.48. The molecule has 2 rings (SSSR count). The van der Waals surface area contributed by atoms with Gasteiger partial charge in [0.1, 0.15) is 0 Å². The van der Waals surface area contributed by atoms with Gasteiger partial charge in [-0.05, 0) is 19.1 Å². The van der Waals surface area contributed by atoms with Crippen molar-refractivity contribution in [2.75, 3.05) is 17.6 Å². The van der Waals surface area contributed by atoms with E-state index >= 15 is 0 Å². The third-order valence-electron chi connectivity index (χ3n) is 2.05. The lowest BCUT2D eigenvalue weighted by atomic mass is 10.3. The summed E-state index contributed by atoms with van der Waals surface area (Å²) in [5, 5.41) is 7.79. The zero-order valence-corrected chi connectivity index (χ0v) is 9.57. The molecule has 84 valence electrons. The first-order valence-corrected chi connectivity index (χ1v) is 5.31. The fourth-order valence-corrected chi connectivity index (χ4v) is 1.57. The summed E-state index contributed by atoms with van der Waals surface area (Å²) in [5.74, 6) is 0.809. The molecular weight excluding hydrogens is 226 g/mol. The number of hydrogen-bond donors (Lipinski definition) is 2. The van der Waals surface area contributed by atoms with Gasteiger partial charge in [0.05, 0.1) is 10.7 Å². The Hall–Kier alpha value is -1.75. The third-order valence-corrected chi connectivity index (χ3v) is 2.37. The highest BCUT2D eigenvalue weighted by Gasteiger charge is 2.10. The Morgan fingerprint density at radius 2 is 2.19 bits per heavy atom. The number of nitrogens with one attached hydrogen (secondary N) is 1. The smallest absolute Gasteiger partial charge is 0.244 e. The second-order valence-corrected chi connectivity index (χ2v) is 3.59. The van der Waals surface area contributed by atoms with Crippen LogP contribution in [0.2, 0.25) is 5.02 Å². The van der Waals surface area contributed by atoms with Crippen molar-refractivity contribution >= 4 is 23.5 Å². The first-order chi connectivity index (χ1) is 7.72. The number of benzene rings is 1. The second-order valence-electron chi connectivity index (χ2n) is 3.19. The first kappa shape index (κ1) is 10.8. The van der Waals surface area contributed by atoms with Crippen LogP contribution < -0.4 is 11.1 Å². The molecule has 0 aliphatic carbocycles. The monoisotopic (exact) mass is 237 g/mol. The molecule has 0 amide bonds. The van der Waals surface area contributed by atoms with Crippen molar-refractivity contribution in [3.05, 3.63) is 29.3 Å². The predicted octanol–water partition coefficient (Wildman–Crippen LogP) is 1.93. The number of anilines is 2. The minimum absolute atomic E-state index is 0.309. The molecule has 5 nitrogen and oxygen atoms in total. The molecular formula is C10H12ClN5. The van der Waals surface area contributed by atoms with E-state index in [9.17, 15) is 0 Å². The molecule has 0 aliphatic rings. The summed E-state index contributed by atoms with van der Waals surface area (Å²) in [6.07, 6.45) is 0. The minimum atomic E-state index is 0.309. The third kappa shape index (κ3) is 1.94. The molecule has 0 radical (unpaired) electrons. The molecule has 0 fully saturated rings. The maximum atomic E-state index is 6.05. The van der Waals surface area contributed by atoms with E-state index in [1.54, 1.807) is 6.07 Å². The Bertz CT molecular complexity index is 494. The summed E-state index contributed by atoms with van der Waals surface area (Å²) in [6, 6.07) is 7.34. The van der Waals surface area contributed by atoms with Crippen molar-refractivity contribution in [3.63, 3.8) is 0 Å². The fourth-order valence-electron chi connectivity index (χ4n) is 1.36. The highest BCUT2D eigenvalue weighted by molar-refractivity contribution is 6.32. The quantitative estimate of drug-likeness (QED) is 0.856. The van der Waals surface area contributed by atoms with E-state index in [1.165, 1.54) is 4.68 Å². The van der Waals surface area contributed by atoms with Crippen LogP contribution in [0.25, 0.3) is 5.69 Å². The van der Waals surface area contributed by atoms with Crippen LogP contribution in [0.1, 0.15) is 6.92 Å². The second kappa shape index (κ2) is 4.40. The molecule has 0 bridgehead atoms. The number of nitrogens with zero attached hydrogens (tertiary/aromatic N) is 3. The molecule has 16 heavy (non-hydrogen) atoms. The number of nitrogens with two attached hydrogens (primary N) is 1. The molecule has 0 aliphatic heterocycles. The van der Waals surface area contributed by atoms with Crippen molar-refractivity contribution < 1.29 is 0 Å². The van der Waals surface area contributed by atoms with Crippen molar-refractivity contribution in [3.8, 4) is 5.69 Å². The Kier molecular flexibility index (Phi) is 2.96. The van der Waals surface area contributed by atoms with E-state index in [2.05, 4.69) is 15.4 Å². The van der Waals surface area contributed by atoms with Crippen molar-refractivity contribution in [2.24, 2.45) is 0 Å². The predicted molar refractivity (Wildman–Crippen MR) is 64.9 cm³/mol. The summed E-state index contributed by atoms with van der Waals surface area (Å²) in [6.45, 7) is 2.71. The van der Waals surface area contributed by atoms with Crippen LogP contribution in [0, 0.1) is 0 Å². The lowest BCUT2D eigenvalue weighted by molar-refractivity contribution is 0.889. The Morgan fingerprint density at radius 1 is 1.44 bits per heavy atom. The number of aromatic nitrogens is 3. The van der Waals surface area contributed by atoms with Crippen LogP contribution in [0.5, 0.6) is 0 Å². The SMILES string of the molecule is CCNc1nc(N)n(-c2ccccc2Cl)n1. The van der Waals surface area contributed by atoms with Crippen LogP contribution >= 0.6 is 11.6 Å². The summed E-state index contributed by atoms with van der Waals surface area (Å²) in [4.78, 5) is 4.08. The number of halogens is 1. The van der Waals surface area contributed by atoms with Crippen LogP contribution in [-0.2, 0) is 0 Å². The van der Waals surface area contributed by atoms with E-state index in [4.69, 9.17) is 17.3 Å². The molecule has 0 atom stereocenters. The molecule has 3 N–H and O–H groups in total. The molecule has 6 heteroatoms. The number of para-hydroxylation sites is 1. The molecule has 0 saturated heterocycles. The van der Waals surface area contributed by atoms with E-state index in [0.29, 0.717) is 16.9 Å². The highest BCUT2D eigenvalue weighted by atomic mass is 35.5. The highest BCUT2D eigenvalue weighted by Crippen LogP contribution is 2.21. The summed E-state index contributed by atoms with van der Waals surface area (Å²) in [7, 11) is 0. The zero-order valence-electron chi connectivity index (χ0n) is 8.81. The Morgan fingerprint density at radius 3 is 2.88 bits per heavy atom. The molecule has 1 aromatic heterocycles. The van der Waals surface area contributed by atoms with Gasteiger partial charge < -0.3 is 11.1 Å². The average Bonchev–Trinajstić information content (AvgIpc) is 2.61. The van der Waals surface area contributed by atoms with Crippen LogP contribution in [0.3, 0.4) is 0 Å². The van der Waals surface area contributed by atoms with Gasteiger partial charge in [-0.25, -0.2) is 0 Å². The van der Waals surface area contributed by atoms with Gasteiger partial charge in [0.25, 0.3) is 0 Å². The van der Waals surface area contributed by atoms with Crippen LogP contribution in [0.4, 0.5) is 11.9 Å². The summed E-state index contributed by atoms with van der Waals surface area (Å²) < 4.78 is 1.51. The van der Waals surface area contributed by atoms with Gasteiger partial charge in [-0.15, -0.1) is 5.10 Å². The van der Waals surface area contributed by atoms with E-state index in [-0.39, 0.29) is 0 Å². The lowest BCUT2D eigenvalue weighted by Crippen LogP contribution is -2.03. The maximum absolute atomic E-state index is 6.05. The van der Waals surface area contributed by atoms with Gasteiger partial charge in [-0.1, -0.05) is 23.7 Å². The van der Waals surface area contributed by atoms with E-state index < -0.39 is 0 Å². The van der Waals surface area contributed by atoms with E-state index in [0.717, 1.165) is 12.2 Å². The van der Waals surface area contributed by atoms with E-state index in [1.807, 2.05) is 25.1 Å². The fraction of sp³-hybridized carbons (Fsp3) is 0.200. The average molecular weight is 238 g/mol. The lowest BCUT2D eigenvalue weighted by Gasteiger charge is -2.03. The van der Waals surface area contributed by atoms with Gasteiger partial charge >= 0.3 is 0 Å². The van der Waals surface area contributed by atoms with Gasteiger partial charge in [-0.3, -0.25) is 0 Å². The van der Waals surface area contributed by atoms with Gasteiger partial charge in [0.2, 0.25) is 11.9 Å². The summed E-state index contributed by atoms with van der Waals surface area (Å²) >= 11 is 6.05. The molecule has 0 spiro atoms. The molecule has 1 aromatic carbocycles.